The zero-order valence-corrected chi connectivity index (χ0v) is 11.4. The van der Waals surface area contributed by atoms with Gasteiger partial charge >= 0.3 is 12.0 Å². The van der Waals surface area contributed by atoms with Crippen LogP contribution in [0, 0.1) is 5.82 Å². The van der Waals surface area contributed by atoms with E-state index in [0.717, 1.165) is 37.8 Å². The Balaban J connectivity index is 1.96. The molecule has 0 bridgehead atoms. The van der Waals surface area contributed by atoms with Gasteiger partial charge in [0.15, 0.2) is 0 Å². The molecule has 0 heterocycles. The van der Waals surface area contributed by atoms with E-state index in [2.05, 4.69) is 10.6 Å². The fraction of sp³-hybridized carbons (Fsp3) is 0.333. The van der Waals surface area contributed by atoms with Crippen LogP contribution in [0.4, 0.5) is 14.9 Å². The topological polar surface area (TPSA) is 78.4 Å². The summed E-state index contributed by atoms with van der Waals surface area (Å²) >= 11 is 0. The van der Waals surface area contributed by atoms with Gasteiger partial charge in [-0.05, 0) is 37.1 Å². The Bertz CT molecular complexity index is 566. The predicted molar refractivity (Wildman–Crippen MR) is 77.5 cm³/mol. The van der Waals surface area contributed by atoms with Gasteiger partial charge in [0.05, 0.1) is 0 Å². The maximum absolute atomic E-state index is 13.7. The molecule has 1 saturated carbocycles. The molecule has 21 heavy (non-hydrogen) atoms. The van der Waals surface area contributed by atoms with E-state index in [0.29, 0.717) is 5.69 Å². The van der Waals surface area contributed by atoms with Crippen LogP contribution in [0.3, 0.4) is 0 Å². The number of amides is 2. The Kier molecular flexibility index (Phi) is 4.92. The maximum atomic E-state index is 13.7. The van der Waals surface area contributed by atoms with Crippen LogP contribution in [0.25, 0.3) is 6.08 Å². The Morgan fingerprint density at radius 3 is 2.62 bits per heavy atom. The molecule has 0 saturated heterocycles. The van der Waals surface area contributed by atoms with Crippen molar-refractivity contribution in [2.45, 2.75) is 31.7 Å². The molecule has 2 rings (SSSR count). The van der Waals surface area contributed by atoms with E-state index in [9.17, 15) is 14.0 Å². The standard InChI is InChI=1S/C15H17FN2O3/c16-13-9-12(7-5-10(13)6-8-14(19)20)18-15(21)17-11-3-1-2-4-11/h5-9,11H,1-4H2,(H,19,20)(H2,17,18,21)/b8-6+. The van der Waals surface area contributed by atoms with Crippen molar-refractivity contribution in [2.75, 3.05) is 5.32 Å². The first kappa shape index (κ1) is 15.0. The predicted octanol–water partition coefficient (Wildman–Crippen LogP) is 2.99. The normalized spacial score (nSPS) is 15.3. The third kappa shape index (κ3) is 4.59. The minimum Gasteiger partial charge on any atom is -0.478 e. The van der Waals surface area contributed by atoms with E-state index < -0.39 is 11.8 Å². The summed E-state index contributed by atoms with van der Waals surface area (Å²) in [7, 11) is 0. The summed E-state index contributed by atoms with van der Waals surface area (Å²) in [6.07, 6.45) is 6.20. The first-order chi connectivity index (χ1) is 10.0. The highest BCUT2D eigenvalue weighted by Crippen LogP contribution is 2.19. The molecule has 0 aromatic heterocycles. The Labute approximate surface area is 121 Å². The van der Waals surface area contributed by atoms with Gasteiger partial charge in [0, 0.05) is 23.4 Å². The van der Waals surface area contributed by atoms with Gasteiger partial charge < -0.3 is 15.7 Å². The first-order valence-electron chi connectivity index (χ1n) is 6.82. The minimum atomic E-state index is -1.15. The van der Waals surface area contributed by atoms with Crippen molar-refractivity contribution in [1.29, 1.82) is 0 Å². The largest absolute Gasteiger partial charge is 0.478 e. The summed E-state index contributed by atoms with van der Waals surface area (Å²) < 4.78 is 13.7. The minimum absolute atomic E-state index is 0.152. The number of hydrogen-bond donors (Lipinski definition) is 3. The Morgan fingerprint density at radius 1 is 1.29 bits per heavy atom. The van der Waals surface area contributed by atoms with Gasteiger partial charge in [0.1, 0.15) is 5.82 Å². The van der Waals surface area contributed by atoms with Crippen molar-refractivity contribution < 1.29 is 19.1 Å². The van der Waals surface area contributed by atoms with Crippen LogP contribution in [0.2, 0.25) is 0 Å². The van der Waals surface area contributed by atoms with Crippen LogP contribution in [0.5, 0.6) is 0 Å². The molecule has 1 aromatic carbocycles. The lowest BCUT2D eigenvalue weighted by atomic mass is 10.2. The van der Waals surface area contributed by atoms with Crippen molar-refractivity contribution in [2.24, 2.45) is 0 Å². The number of carboxylic acid groups (broad SMARTS) is 1. The smallest absolute Gasteiger partial charge is 0.328 e. The molecule has 2 amide bonds. The van der Waals surface area contributed by atoms with E-state index in [1.54, 1.807) is 0 Å². The summed E-state index contributed by atoms with van der Waals surface area (Å²) in [5.41, 5.74) is 0.481. The molecule has 112 valence electrons. The highest BCUT2D eigenvalue weighted by Gasteiger charge is 2.17. The van der Waals surface area contributed by atoms with Gasteiger partial charge in [-0.25, -0.2) is 14.0 Å². The van der Waals surface area contributed by atoms with Crippen LogP contribution in [-0.2, 0) is 4.79 Å². The molecule has 0 aliphatic heterocycles. The Morgan fingerprint density at radius 2 is 2.00 bits per heavy atom. The fourth-order valence-corrected chi connectivity index (χ4v) is 2.32. The molecule has 0 unspecified atom stereocenters. The van der Waals surface area contributed by atoms with Crippen molar-refractivity contribution in [3.05, 3.63) is 35.7 Å². The summed E-state index contributed by atoms with van der Waals surface area (Å²) in [5, 5.41) is 13.9. The van der Waals surface area contributed by atoms with E-state index in [1.807, 2.05) is 0 Å². The van der Waals surface area contributed by atoms with Gasteiger partial charge in [0.2, 0.25) is 0 Å². The summed E-state index contributed by atoms with van der Waals surface area (Å²) in [6, 6.07) is 3.94. The quantitative estimate of drug-likeness (QED) is 0.746. The fourth-order valence-electron chi connectivity index (χ4n) is 2.32. The lowest BCUT2D eigenvalue weighted by molar-refractivity contribution is -0.131. The van der Waals surface area contributed by atoms with Crippen LogP contribution < -0.4 is 10.6 Å². The number of carbonyl (C=O) groups is 2. The SMILES string of the molecule is O=C(O)/C=C/c1ccc(NC(=O)NC2CCCC2)cc1F. The highest BCUT2D eigenvalue weighted by molar-refractivity contribution is 5.90. The monoisotopic (exact) mass is 292 g/mol. The zero-order valence-electron chi connectivity index (χ0n) is 11.4. The van der Waals surface area contributed by atoms with Crippen LogP contribution in [0.1, 0.15) is 31.2 Å². The van der Waals surface area contributed by atoms with Gasteiger partial charge in [-0.2, -0.15) is 0 Å². The maximum Gasteiger partial charge on any atom is 0.328 e. The zero-order chi connectivity index (χ0) is 15.2. The molecule has 1 aliphatic carbocycles. The molecular formula is C15H17FN2O3. The second kappa shape index (κ2) is 6.88. The first-order valence-corrected chi connectivity index (χ1v) is 6.82. The lowest BCUT2D eigenvalue weighted by Crippen LogP contribution is -2.36. The second-order valence-electron chi connectivity index (χ2n) is 4.99. The summed E-state index contributed by atoms with van der Waals surface area (Å²) in [4.78, 5) is 22.1. The number of hydrogen-bond acceptors (Lipinski definition) is 2. The van der Waals surface area contributed by atoms with E-state index in [1.165, 1.54) is 18.2 Å². The third-order valence-electron chi connectivity index (χ3n) is 3.35. The van der Waals surface area contributed by atoms with Crippen molar-refractivity contribution in [3.63, 3.8) is 0 Å². The molecule has 5 nitrogen and oxygen atoms in total. The molecule has 0 spiro atoms. The average Bonchev–Trinajstić information content (AvgIpc) is 2.90. The van der Waals surface area contributed by atoms with E-state index in [-0.39, 0.29) is 17.6 Å². The number of aliphatic carboxylic acids is 1. The summed E-state index contributed by atoms with van der Waals surface area (Å²) in [6.45, 7) is 0. The average molecular weight is 292 g/mol. The molecule has 6 heteroatoms. The number of nitrogens with one attached hydrogen (secondary N) is 2. The number of carboxylic acids is 1. The number of carbonyl (C=O) groups excluding carboxylic acids is 1. The Hall–Kier alpha value is -2.37. The second-order valence-corrected chi connectivity index (χ2v) is 4.99. The highest BCUT2D eigenvalue weighted by atomic mass is 19.1. The van der Waals surface area contributed by atoms with Gasteiger partial charge in [0.25, 0.3) is 0 Å². The molecular weight excluding hydrogens is 275 g/mol. The van der Waals surface area contributed by atoms with Gasteiger partial charge in [-0.1, -0.05) is 12.8 Å². The molecule has 0 radical (unpaired) electrons. The molecule has 3 N–H and O–H groups in total. The van der Waals surface area contributed by atoms with Crippen molar-refractivity contribution in [3.8, 4) is 0 Å². The van der Waals surface area contributed by atoms with Gasteiger partial charge in [-0.15, -0.1) is 0 Å². The van der Waals surface area contributed by atoms with Crippen LogP contribution in [0.15, 0.2) is 24.3 Å². The molecule has 1 fully saturated rings. The van der Waals surface area contributed by atoms with Crippen molar-refractivity contribution >= 4 is 23.8 Å². The molecule has 1 aliphatic rings. The van der Waals surface area contributed by atoms with Crippen LogP contribution in [-0.4, -0.2) is 23.1 Å². The number of rotatable bonds is 4. The third-order valence-corrected chi connectivity index (χ3v) is 3.35. The lowest BCUT2D eigenvalue weighted by Gasteiger charge is -2.13. The van der Waals surface area contributed by atoms with E-state index in [4.69, 9.17) is 5.11 Å². The number of halogens is 1. The number of anilines is 1. The number of benzene rings is 1. The number of urea groups is 1. The molecule has 0 atom stereocenters. The van der Waals surface area contributed by atoms with Crippen molar-refractivity contribution in [1.82, 2.24) is 5.32 Å². The van der Waals surface area contributed by atoms with Crippen LogP contribution >= 0.6 is 0 Å². The van der Waals surface area contributed by atoms with Gasteiger partial charge in [-0.3, -0.25) is 0 Å². The molecule has 1 aromatic rings. The summed E-state index contributed by atoms with van der Waals surface area (Å²) in [5.74, 6) is -1.74. The van der Waals surface area contributed by atoms with E-state index >= 15 is 0 Å².